The van der Waals surface area contributed by atoms with E-state index >= 15 is 0 Å². The fourth-order valence-corrected chi connectivity index (χ4v) is 2.87. The quantitative estimate of drug-likeness (QED) is 0.508. The van der Waals surface area contributed by atoms with Crippen molar-refractivity contribution in [2.75, 3.05) is 20.3 Å². The normalized spacial score (nSPS) is 11.9. The average Bonchev–Trinajstić information content (AvgIpc) is 2.49. The van der Waals surface area contributed by atoms with Gasteiger partial charge in [0.05, 0.1) is 25.3 Å². The van der Waals surface area contributed by atoms with Crippen molar-refractivity contribution in [1.29, 1.82) is 5.26 Å². The van der Waals surface area contributed by atoms with Crippen molar-refractivity contribution in [3.05, 3.63) is 23.8 Å². The lowest BCUT2D eigenvalue weighted by Crippen LogP contribution is -2.41. The molecule has 1 rings (SSSR count). The van der Waals surface area contributed by atoms with Gasteiger partial charge in [0.25, 0.3) is 0 Å². The van der Waals surface area contributed by atoms with Crippen LogP contribution in [0.2, 0.25) is 18.1 Å². The van der Waals surface area contributed by atoms with Crippen LogP contribution in [-0.4, -0.2) is 28.6 Å². The lowest BCUT2D eigenvalue weighted by atomic mass is 10.2. The molecule has 0 spiro atoms. The molecule has 23 heavy (non-hydrogen) atoms. The van der Waals surface area contributed by atoms with Crippen molar-refractivity contribution in [3.63, 3.8) is 0 Å². The lowest BCUT2D eigenvalue weighted by Gasteiger charge is -2.36. The monoisotopic (exact) mass is 335 g/mol. The molecule has 0 heterocycles. The number of rotatable bonds is 8. The summed E-state index contributed by atoms with van der Waals surface area (Å²) in [4.78, 5) is 0. The number of hydrogen-bond donors (Lipinski definition) is 0. The van der Waals surface area contributed by atoms with Gasteiger partial charge < -0.3 is 13.9 Å². The topological polar surface area (TPSA) is 51.5 Å². The van der Waals surface area contributed by atoms with Crippen LogP contribution >= 0.6 is 0 Å². The van der Waals surface area contributed by atoms with Gasteiger partial charge in [-0.25, -0.2) is 0 Å². The minimum absolute atomic E-state index is 0.249. The zero-order chi connectivity index (χ0) is 17.5. The highest BCUT2D eigenvalue weighted by Gasteiger charge is 2.36. The lowest BCUT2D eigenvalue weighted by molar-refractivity contribution is 0.247. The molecule has 0 aromatic heterocycles. The van der Waals surface area contributed by atoms with Gasteiger partial charge in [-0.1, -0.05) is 20.8 Å². The van der Waals surface area contributed by atoms with Crippen molar-refractivity contribution in [2.24, 2.45) is 0 Å². The van der Waals surface area contributed by atoms with Crippen LogP contribution < -0.4 is 9.47 Å². The third-order valence-electron chi connectivity index (χ3n) is 4.36. The Morgan fingerprint density at radius 1 is 1.09 bits per heavy atom. The Bertz CT molecular complexity index is 544. The second-order valence-corrected chi connectivity index (χ2v) is 12.0. The third-order valence-corrected chi connectivity index (χ3v) is 8.90. The summed E-state index contributed by atoms with van der Waals surface area (Å²) in [5.41, 5.74) is 0.567. The number of benzene rings is 1. The van der Waals surface area contributed by atoms with Gasteiger partial charge in [-0.2, -0.15) is 5.26 Å². The van der Waals surface area contributed by atoms with Crippen LogP contribution in [-0.2, 0) is 4.43 Å². The maximum absolute atomic E-state index is 8.89. The van der Waals surface area contributed by atoms with Gasteiger partial charge in [-0.3, -0.25) is 0 Å². The molecule has 128 valence electrons. The summed E-state index contributed by atoms with van der Waals surface area (Å²) in [7, 11) is -0.0660. The molecule has 0 radical (unpaired) electrons. The average molecular weight is 336 g/mol. The molecule has 0 aliphatic rings. The van der Waals surface area contributed by atoms with Crippen LogP contribution in [0, 0.1) is 11.3 Å². The maximum Gasteiger partial charge on any atom is 0.191 e. The first kappa shape index (κ1) is 19.5. The Labute approximate surface area is 141 Å². The first-order valence-corrected chi connectivity index (χ1v) is 11.0. The zero-order valence-corrected chi connectivity index (χ0v) is 16.2. The number of hydrogen-bond acceptors (Lipinski definition) is 4. The minimum Gasteiger partial charge on any atom is -0.493 e. The highest BCUT2D eigenvalue weighted by atomic mass is 28.4. The Morgan fingerprint density at radius 3 is 2.30 bits per heavy atom. The van der Waals surface area contributed by atoms with Crippen molar-refractivity contribution in [1.82, 2.24) is 0 Å². The van der Waals surface area contributed by atoms with E-state index in [9.17, 15) is 0 Å². The third kappa shape index (κ3) is 5.89. The molecule has 1 aromatic carbocycles. The van der Waals surface area contributed by atoms with Crippen LogP contribution in [0.5, 0.6) is 11.5 Å². The van der Waals surface area contributed by atoms with Gasteiger partial charge in [-0.05, 0) is 43.1 Å². The van der Waals surface area contributed by atoms with Crippen LogP contribution in [0.15, 0.2) is 18.2 Å². The fraction of sp³-hybridized carbons (Fsp3) is 0.611. The van der Waals surface area contributed by atoms with Crippen LogP contribution in [0.3, 0.4) is 0 Å². The summed E-state index contributed by atoms with van der Waals surface area (Å²) < 4.78 is 17.1. The zero-order valence-electron chi connectivity index (χ0n) is 15.2. The summed E-state index contributed by atoms with van der Waals surface area (Å²) in [5, 5.41) is 9.14. The Morgan fingerprint density at radius 2 is 1.74 bits per heavy atom. The Hall–Kier alpha value is -1.51. The van der Waals surface area contributed by atoms with E-state index in [0.717, 1.165) is 19.4 Å². The van der Waals surface area contributed by atoms with Crippen molar-refractivity contribution >= 4 is 8.32 Å². The molecule has 0 amide bonds. The van der Waals surface area contributed by atoms with Gasteiger partial charge in [0, 0.05) is 12.7 Å². The summed E-state index contributed by atoms with van der Waals surface area (Å²) >= 11 is 0. The molecule has 0 aliphatic carbocycles. The standard InChI is InChI=1S/C18H29NO3Si/c1-18(2,3)23(5,6)22-12-8-7-11-21-16-10-9-15(14-19)13-17(16)20-4/h9-10,13H,7-8,11-12H2,1-6H3. The van der Waals surface area contributed by atoms with Crippen molar-refractivity contribution < 1.29 is 13.9 Å². The van der Waals surface area contributed by atoms with E-state index in [1.807, 2.05) is 0 Å². The molecule has 5 heteroatoms. The molecule has 0 fully saturated rings. The second-order valence-electron chi connectivity index (χ2n) is 7.14. The molecule has 4 nitrogen and oxygen atoms in total. The van der Waals surface area contributed by atoms with E-state index in [-0.39, 0.29) is 5.04 Å². The largest absolute Gasteiger partial charge is 0.493 e. The molecule has 0 atom stereocenters. The molecule has 0 saturated heterocycles. The molecular weight excluding hydrogens is 306 g/mol. The Kier molecular flexibility index (Phi) is 7.11. The van der Waals surface area contributed by atoms with Crippen LogP contribution in [0.1, 0.15) is 39.2 Å². The molecule has 0 aliphatic heterocycles. The summed E-state index contributed by atoms with van der Waals surface area (Å²) in [6.45, 7) is 12.7. The molecular formula is C18H29NO3Si. The van der Waals surface area contributed by atoms with Crippen molar-refractivity contribution in [2.45, 2.75) is 51.7 Å². The molecule has 0 N–H and O–H groups in total. The van der Waals surface area contributed by atoms with Gasteiger partial charge in [0.1, 0.15) is 0 Å². The van der Waals surface area contributed by atoms with Crippen molar-refractivity contribution in [3.8, 4) is 17.6 Å². The van der Waals surface area contributed by atoms with E-state index in [1.165, 1.54) is 0 Å². The number of nitriles is 1. The predicted molar refractivity (Wildman–Crippen MR) is 95.6 cm³/mol. The summed E-state index contributed by atoms with van der Waals surface area (Å²) in [6.07, 6.45) is 1.91. The number of ether oxygens (including phenoxy) is 2. The predicted octanol–water partition coefficient (Wildman–Crippen LogP) is 4.75. The van der Waals surface area contributed by atoms with Gasteiger partial charge in [-0.15, -0.1) is 0 Å². The molecule has 0 unspecified atom stereocenters. The second kappa shape index (κ2) is 8.37. The molecule has 0 bridgehead atoms. The number of unbranched alkanes of at least 4 members (excludes halogenated alkanes) is 1. The number of methoxy groups -OCH3 is 1. The van der Waals surface area contributed by atoms with E-state index in [1.54, 1.807) is 25.3 Å². The van der Waals surface area contributed by atoms with E-state index in [4.69, 9.17) is 19.2 Å². The van der Waals surface area contributed by atoms with Gasteiger partial charge in [0.2, 0.25) is 0 Å². The minimum atomic E-state index is -1.65. The first-order valence-electron chi connectivity index (χ1n) is 8.06. The maximum atomic E-state index is 8.89. The van der Waals surface area contributed by atoms with Gasteiger partial charge >= 0.3 is 0 Å². The smallest absolute Gasteiger partial charge is 0.191 e. The summed E-state index contributed by atoms with van der Waals surface area (Å²) in [6, 6.07) is 7.30. The van der Waals surface area contributed by atoms with Crippen LogP contribution in [0.25, 0.3) is 0 Å². The number of nitrogens with zero attached hydrogens (tertiary/aromatic N) is 1. The van der Waals surface area contributed by atoms with E-state index in [0.29, 0.717) is 23.7 Å². The summed E-state index contributed by atoms with van der Waals surface area (Å²) in [5.74, 6) is 1.28. The van der Waals surface area contributed by atoms with Gasteiger partial charge in [0.15, 0.2) is 19.8 Å². The van der Waals surface area contributed by atoms with E-state index in [2.05, 4.69) is 39.9 Å². The molecule has 0 saturated carbocycles. The first-order chi connectivity index (χ1) is 10.7. The van der Waals surface area contributed by atoms with E-state index < -0.39 is 8.32 Å². The molecule has 1 aromatic rings. The highest BCUT2D eigenvalue weighted by molar-refractivity contribution is 6.74. The Balaban J connectivity index is 2.35. The fourth-order valence-electron chi connectivity index (χ4n) is 1.79. The highest BCUT2D eigenvalue weighted by Crippen LogP contribution is 2.36. The van der Waals surface area contributed by atoms with Crippen LogP contribution in [0.4, 0.5) is 0 Å². The SMILES string of the molecule is COc1cc(C#N)ccc1OCCCCO[Si](C)(C)C(C)(C)C.